The van der Waals surface area contributed by atoms with Crippen molar-refractivity contribution >= 4 is 10.0 Å². The molecule has 0 saturated carbocycles. The molecule has 2 aromatic rings. The van der Waals surface area contributed by atoms with Crippen LogP contribution in [0.5, 0.6) is 0 Å². The maximum atomic E-state index is 13.4. The molecule has 20 heavy (non-hydrogen) atoms. The average molecular weight is 296 g/mol. The number of halogens is 1. The molecule has 0 radical (unpaired) electrons. The summed E-state index contributed by atoms with van der Waals surface area (Å²) < 4.78 is 44.3. The average Bonchev–Trinajstić information content (AvgIpc) is 2.82. The minimum Gasteiger partial charge on any atom is -0.340 e. The number of hydrogen-bond acceptors (Lipinski definition) is 6. The number of benzene rings is 1. The Hall–Kier alpha value is -2.31. The van der Waals surface area contributed by atoms with E-state index >= 15 is 0 Å². The quantitative estimate of drug-likeness (QED) is 0.896. The lowest BCUT2D eigenvalue weighted by Crippen LogP contribution is -2.25. The molecule has 0 saturated heterocycles. The molecule has 0 aliphatic rings. The molecule has 0 fully saturated rings. The Morgan fingerprint density at radius 1 is 1.50 bits per heavy atom. The Bertz CT molecular complexity index is 779. The van der Waals surface area contributed by atoms with Crippen molar-refractivity contribution < 1.29 is 17.3 Å². The highest BCUT2D eigenvalue weighted by molar-refractivity contribution is 7.89. The van der Waals surface area contributed by atoms with E-state index < -0.39 is 26.3 Å². The van der Waals surface area contributed by atoms with Crippen LogP contribution in [0.4, 0.5) is 4.39 Å². The number of rotatable bonds is 4. The smallest absolute Gasteiger partial charge is 0.242 e. The molecule has 0 unspecified atom stereocenters. The van der Waals surface area contributed by atoms with Crippen molar-refractivity contribution in [2.24, 2.45) is 0 Å². The molecule has 1 aromatic carbocycles. The SMILES string of the molecule is Cc1nc(CNS(=O)(=O)c2cccc(F)c2C#N)no1. The highest BCUT2D eigenvalue weighted by atomic mass is 32.2. The van der Waals surface area contributed by atoms with Crippen LogP contribution in [0, 0.1) is 24.1 Å². The third kappa shape index (κ3) is 2.81. The van der Waals surface area contributed by atoms with Gasteiger partial charge in [-0.1, -0.05) is 11.2 Å². The van der Waals surface area contributed by atoms with Crippen LogP contribution in [0.25, 0.3) is 0 Å². The molecule has 0 bridgehead atoms. The maximum absolute atomic E-state index is 13.4. The van der Waals surface area contributed by atoms with Gasteiger partial charge in [-0.2, -0.15) is 10.2 Å². The Kier molecular flexibility index (Phi) is 3.78. The van der Waals surface area contributed by atoms with E-state index in [0.29, 0.717) is 5.89 Å². The van der Waals surface area contributed by atoms with Crippen LogP contribution >= 0.6 is 0 Å². The summed E-state index contributed by atoms with van der Waals surface area (Å²) in [5, 5.41) is 12.3. The summed E-state index contributed by atoms with van der Waals surface area (Å²) in [5.74, 6) is -0.463. The molecule has 0 aliphatic carbocycles. The van der Waals surface area contributed by atoms with Gasteiger partial charge in [-0.25, -0.2) is 17.5 Å². The minimum atomic E-state index is -4.05. The second kappa shape index (κ2) is 5.36. The lowest BCUT2D eigenvalue weighted by Gasteiger charge is -2.06. The van der Waals surface area contributed by atoms with Crippen LogP contribution < -0.4 is 4.72 Å². The number of nitrogens with one attached hydrogen (secondary N) is 1. The Morgan fingerprint density at radius 3 is 2.85 bits per heavy atom. The zero-order chi connectivity index (χ0) is 14.8. The van der Waals surface area contributed by atoms with Gasteiger partial charge in [-0.05, 0) is 12.1 Å². The fraction of sp³-hybridized carbons (Fsp3) is 0.182. The van der Waals surface area contributed by atoms with E-state index in [1.54, 1.807) is 6.92 Å². The van der Waals surface area contributed by atoms with Crippen LogP contribution in [0.3, 0.4) is 0 Å². The van der Waals surface area contributed by atoms with Crippen molar-refractivity contribution in [3.8, 4) is 6.07 Å². The van der Waals surface area contributed by atoms with Crippen molar-refractivity contribution in [3.05, 3.63) is 41.3 Å². The number of nitrogens with zero attached hydrogens (tertiary/aromatic N) is 3. The molecular formula is C11H9FN4O3S. The number of aryl methyl sites for hydroxylation is 1. The first kappa shape index (κ1) is 14.1. The van der Waals surface area contributed by atoms with E-state index in [4.69, 9.17) is 9.78 Å². The fourth-order valence-corrected chi connectivity index (χ4v) is 2.63. The Labute approximate surface area is 114 Å². The highest BCUT2D eigenvalue weighted by Crippen LogP contribution is 2.17. The van der Waals surface area contributed by atoms with Crippen molar-refractivity contribution in [3.63, 3.8) is 0 Å². The first-order chi connectivity index (χ1) is 9.44. The van der Waals surface area contributed by atoms with Gasteiger partial charge >= 0.3 is 0 Å². The Morgan fingerprint density at radius 2 is 2.25 bits per heavy atom. The second-order valence-electron chi connectivity index (χ2n) is 3.78. The lowest BCUT2D eigenvalue weighted by molar-refractivity contribution is 0.387. The van der Waals surface area contributed by atoms with Gasteiger partial charge in [0.1, 0.15) is 22.3 Å². The number of aromatic nitrogens is 2. The molecule has 1 aromatic heterocycles. The van der Waals surface area contributed by atoms with Gasteiger partial charge in [-0.15, -0.1) is 0 Å². The molecule has 0 aliphatic heterocycles. The number of nitriles is 1. The van der Waals surface area contributed by atoms with Gasteiger partial charge in [-0.3, -0.25) is 0 Å². The molecule has 9 heteroatoms. The van der Waals surface area contributed by atoms with E-state index in [-0.39, 0.29) is 12.4 Å². The van der Waals surface area contributed by atoms with Gasteiger partial charge in [0.05, 0.1) is 6.54 Å². The summed E-state index contributed by atoms with van der Waals surface area (Å²) in [6.45, 7) is 1.34. The van der Waals surface area contributed by atoms with Crippen molar-refractivity contribution in [2.45, 2.75) is 18.4 Å². The molecule has 0 atom stereocenters. The molecule has 1 heterocycles. The molecule has 2 rings (SSSR count). The highest BCUT2D eigenvalue weighted by Gasteiger charge is 2.21. The number of sulfonamides is 1. The zero-order valence-corrected chi connectivity index (χ0v) is 11.1. The van der Waals surface area contributed by atoms with E-state index in [2.05, 4.69) is 14.9 Å². The van der Waals surface area contributed by atoms with E-state index in [1.165, 1.54) is 12.1 Å². The van der Waals surface area contributed by atoms with E-state index in [9.17, 15) is 12.8 Å². The lowest BCUT2D eigenvalue weighted by atomic mass is 10.2. The second-order valence-corrected chi connectivity index (χ2v) is 5.51. The summed E-state index contributed by atoms with van der Waals surface area (Å²) in [7, 11) is -4.05. The van der Waals surface area contributed by atoms with Crippen LogP contribution in [0.15, 0.2) is 27.6 Å². The van der Waals surface area contributed by atoms with Gasteiger partial charge in [0, 0.05) is 6.92 Å². The molecule has 1 N–H and O–H groups in total. The predicted molar refractivity (Wildman–Crippen MR) is 64.2 cm³/mol. The van der Waals surface area contributed by atoms with Crippen molar-refractivity contribution in [1.29, 1.82) is 5.26 Å². The standard InChI is InChI=1S/C11H9FN4O3S/c1-7-15-11(16-19-7)6-14-20(17,18)10-4-2-3-9(12)8(10)5-13/h2-4,14H,6H2,1H3. The van der Waals surface area contributed by atoms with Crippen molar-refractivity contribution in [1.82, 2.24) is 14.9 Å². The van der Waals surface area contributed by atoms with E-state index in [1.807, 2.05) is 0 Å². The van der Waals surface area contributed by atoms with Crippen LogP contribution in [0.2, 0.25) is 0 Å². The fourth-order valence-electron chi connectivity index (χ4n) is 1.49. The van der Waals surface area contributed by atoms with Gasteiger partial charge < -0.3 is 4.52 Å². The summed E-state index contributed by atoms with van der Waals surface area (Å²) in [5.41, 5.74) is -0.538. The van der Waals surface area contributed by atoms with Crippen molar-refractivity contribution in [2.75, 3.05) is 0 Å². The third-order valence-electron chi connectivity index (χ3n) is 2.37. The van der Waals surface area contributed by atoms with Gasteiger partial charge in [0.25, 0.3) is 0 Å². The minimum absolute atomic E-state index is 0.140. The zero-order valence-electron chi connectivity index (χ0n) is 10.3. The molecule has 0 amide bonds. The summed E-state index contributed by atoms with van der Waals surface area (Å²) in [6, 6.07) is 4.90. The predicted octanol–water partition coefficient (Wildman–Crippen LogP) is 0.867. The monoisotopic (exact) mass is 296 g/mol. The van der Waals surface area contributed by atoms with E-state index in [0.717, 1.165) is 12.1 Å². The summed E-state index contributed by atoms with van der Waals surface area (Å²) in [6.07, 6.45) is 0. The Balaban J connectivity index is 2.27. The van der Waals surface area contributed by atoms with Crippen LogP contribution in [-0.4, -0.2) is 18.6 Å². The molecule has 0 spiro atoms. The summed E-state index contributed by atoms with van der Waals surface area (Å²) in [4.78, 5) is 3.39. The van der Waals surface area contributed by atoms with Gasteiger partial charge in [0.15, 0.2) is 5.82 Å². The van der Waals surface area contributed by atoms with Crippen LogP contribution in [0.1, 0.15) is 17.3 Å². The molecule has 104 valence electrons. The topological polar surface area (TPSA) is 109 Å². The largest absolute Gasteiger partial charge is 0.340 e. The molecule has 7 nitrogen and oxygen atoms in total. The number of hydrogen-bond donors (Lipinski definition) is 1. The van der Waals surface area contributed by atoms with Gasteiger partial charge in [0.2, 0.25) is 15.9 Å². The third-order valence-corrected chi connectivity index (χ3v) is 3.81. The first-order valence-electron chi connectivity index (χ1n) is 5.41. The normalized spacial score (nSPS) is 11.2. The molecular weight excluding hydrogens is 287 g/mol. The maximum Gasteiger partial charge on any atom is 0.242 e. The summed E-state index contributed by atoms with van der Waals surface area (Å²) >= 11 is 0. The van der Waals surface area contributed by atoms with Crippen LogP contribution in [-0.2, 0) is 16.6 Å². The first-order valence-corrected chi connectivity index (χ1v) is 6.90.